The van der Waals surface area contributed by atoms with E-state index < -0.39 is 12.5 Å². The van der Waals surface area contributed by atoms with Gasteiger partial charge in [-0.3, -0.25) is 4.79 Å². The fourth-order valence-corrected chi connectivity index (χ4v) is 2.64. The van der Waals surface area contributed by atoms with Gasteiger partial charge in [-0.15, -0.1) is 0 Å². The van der Waals surface area contributed by atoms with Crippen LogP contribution in [0, 0.1) is 0 Å². The van der Waals surface area contributed by atoms with Gasteiger partial charge in [0.15, 0.2) is 0 Å². The summed E-state index contributed by atoms with van der Waals surface area (Å²) in [6.07, 6.45) is 0.618. The smallest absolute Gasteiger partial charge is 0.290 e. The van der Waals surface area contributed by atoms with Crippen molar-refractivity contribution >= 4 is 5.91 Å². The van der Waals surface area contributed by atoms with Crippen molar-refractivity contribution in [2.45, 2.75) is 12.3 Å². The average molecular weight is 287 g/mol. The number of amides is 1. The molecule has 2 nitrogen and oxygen atoms in total. The number of carbonyl (C=O) groups is 1. The molecule has 0 atom stereocenters. The lowest BCUT2D eigenvalue weighted by Gasteiger charge is -2.31. The molecular formula is C17H15F2NO. The molecule has 0 fully saturated rings. The first kappa shape index (κ1) is 13.7. The Morgan fingerprint density at radius 1 is 1.00 bits per heavy atom. The second-order valence-electron chi connectivity index (χ2n) is 5.20. The van der Waals surface area contributed by atoms with E-state index in [0.717, 1.165) is 5.56 Å². The predicted octanol–water partition coefficient (Wildman–Crippen LogP) is 3.48. The molecule has 108 valence electrons. The van der Waals surface area contributed by atoms with E-state index in [-0.39, 0.29) is 11.5 Å². The van der Waals surface area contributed by atoms with Crippen LogP contribution in [0.15, 0.2) is 54.6 Å². The fraction of sp³-hybridized carbons (Fsp3) is 0.235. The van der Waals surface area contributed by atoms with E-state index in [9.17, 15) is 13.6 Å². The molecule has 4 heteroatoms. The zero-order valence-corrected chi connectivity index (χ0v) is 11.4. The van der Waals surface area contributed by atoms with Crippen LogP contribution < -0.4 is 0 Å². The molecule has 21 heavy (non-hydrogen) atoms. The van der Waals surface area contributed by atoms with Gasteiger partial charge in [0.2, 0.25) is 0 Å². The molecule has 2 aromatic carbocycles. The molecule has 1 amide bonds. The van der Waals surface area contributed by atoms with Crippen LogP contribution in [0.3, 0.4) is 0 Å². The summed E-state index contributed by atoms with van der Waals surface area (Å²) >= 11 is 0. The van der Waals surface area contributed by atoms with Crippen molar-refractivity contribution in [2.24, 2.45) is 0 Å². The van der Waals surface area contributed by atoms with Crippen molar-refractivity contribution in [3.63, 3.8) is 0 Å². The van der Waals surface area contributed by atoms with Gasteiger partial charge in [-0.25, -0.2) is 0 Å². The molecule has 0 spiro atoms. The van der Waals surface area contributed by atoms with Gasteiger partial charge < -0.3 is 4.90 Å². The minimum atomic E-state index is -3.04. The summed E-state index contributed by atoms with van der Waals surface area (Å²) in [6.45, 7) is -0.248. The highest BCUT2D eigenvalue weighted by Crippen LogP contribution is 2.30. The highest BCUT2D eigenvalue weighted by atomic mass is 19.3. The highest BCUT2D eigenvalue weighted by molar-refractivity contribution is 5.96. The minimum Gasteiger partial charge on any atom is -0.332 e. The number of alkyl halides is 2. The summed E-state index contributed by atoms with van der Waals surface area (Å²) in [4.78, 5) is 13.6. The average Bonchev–Trinajstić information content (AvgIpc) is 2.51. The molecular weight excluding hydrogens is 272 g/mol. The van der Waals surface area contributed by atoms with Crippen molar-refractivity contribution < 1.29 is 13.6 Å². The lowest BCUT2D eigenvalue weighted by Crippen LogP contribution is -2.43. The second-order valence-corrected chi connectivity index (χ2v) is 5.20. The van der Waals surface area contributed by atoms with Crippen molar-refractivity contribution in [2.75, 3.05) is 13.1 Å². The van der Waals surface area contributed by atoms with E-state index >= 15 is 0 Å². The third kappa shape index (κ3) is 2.66. The number of hydrogen-bond acceptors (Lipinski definition) is 1. The summed E-state index contributed by atoms with van der Waals surface area (Å²) in [5.74, 6) is -3.35. The van der Waals surface area contributed by atoms with Gasteiger partial charge in [0.05, 0.1) is 6.54 Å². The van der Waals surface area contributed by atoms with Crippen LogP contribution in [-0.4, -0.2) is 23.9 Å². The molecule has 3 rings (SSSR count). The maximum Gasteiger partial charge on any atom is 0.290 e. The molecule has 0 bridgehead atoms. The van der Waals surface area contributed by atoms with E-state index in [1.807, 2.05) is 12.1 Å². The molecule has 0 unspecified atom stereocenters. The normalized spacial score (nSPS) is 15.0. The minimum absolute atomic E-state index is 0.0586. The van der Waals surface area contributed by atoms with E-state index in [0.29, 0.717) is 18.5 Å². The fourth-order valence-electron chi connectivity index (χ4n) is 2.64. The summed E-state index contributed by atoms with van der Waals surface area (Å²) in [5.41, 5.74) is 1.41. The third-order valence-corrected chi connectivity index (χ3v) is 3.77. The summed E-state index contributed by atoms with van der Waals surface area (Å²) in [7, 11) is 0. The van der Waals surface area contributed by atoms with E-state index in [2.05, 4.69) is 0 Å². The number of carbonyl (C=O) groups excluding carboxylic acids is 1. The Kier molecular flexibility index (Phi) is 3.45. The predicted molar refractivity (Wildman–Crippen MR) is 76.4 cm³/mol. The molecule has 1 aliphatic rings. The van der Waals surface area contributed by atoms with Gasteiger partial charge in [0.25, 0.3) is 11.8 Å². The van der Waals surface area contributed by atoms with Crippen LogP contribution in [0.1, 0.15) is 21.5 Å². The molecule has 0 saturated heterocycles. The van der Waals surface area contributed by atoms with Crippen LogP contribution in [0.4, 0.5) is 8.78 Å². The van der Waals surface area contributed by atoms with Crippen molar-refractivity contribution in [3.05, 3.63) is 71.3 Å². The topological polar surface area (TPSA) is 20.3 Å². The molecule has 0 aromatic heterocycles. The summed E-state index contributed by atoms with van der Waals surface area (Å²) in [5, 5.41) is 0. The molecule has 1 heterocycles. The maximum atomic E-state index is 14.3. The van der Waals surface area contributed by atoms with Crippen molar-refractivity contribution in [3.8, 4) is 0 Å². The lowest BCUT2D eigenvalue weighted by atomic mass is 9.98. The number of hydrogen-bond donors (Lipinski definition) is 0. The number of fused-ring (bicyclic) bond motifs is 1. The first-order valence-corrected chi connectivity index (χ1v) is 6.88. The van der Waals surface area contributed by atoms with Gasteiger partial charge in [-0.05, 0) is 18.1 Å². The van der Waals surface area contributed by atoms with Crippen molar-refractivity contribution in [1.29, 1.82) is 0 Å². The first-order chi connectivity index (χ1) is 10.1. The zero-order chi connectivity index (χ0) is 14.9. The van der Waals surface area contributed by atoms with Crippen LogP contribution in [0.5, 0.6) is 0 Å². The number of rotatable bonds is 3. The maximum absolute atomic E-state index is 14.3. The van der Waals surface area contributed by atoms with Crippen LogP contribution >= 0.6 is 0 Å². The Bertz CT molecular complexity index is 655. The number of nitrogens with zero attached hydrogens (tertiary/aromatic N) is 1. The Morgan fingerprint density at radius 3 is 2.43 bits per heavy atom. The Labute approximate surface area is 122 Å². The summed E-state index contributed by atoms with van der Waals surface area (Å²) in [6, 6.07) is 14.8. The molecule has 0 radical (unpaired) electrons. The molecule has 2 aromatic rings. The Balaban J connectivity index is 1.82. The first-order valence-electron chi connectivity index (χ1n) is 6.88. The Hall–Kier alpha value is -2.23. The van der Waals surface area contributed by atoms with E-state index in [1.165, 1.54) is 17.0 Å². The van der Waals surface area contributed by atoms with Gasteiger partial charge in [0, 0.05) is 17.7 Å². The van der Waals surface area contributed by atoms with E-state index in [4.69, 9.17) is 0 Å². The van der Waals surface area contributed by atoms with Crippen LogP contribution in [0.25, 0.3) is 0 Å². The summed E-state index contributed by atoms with van der Waals surface area (Å²) < 4.78 is 28.6. The molecule has 0 N–H and O–H groups in total. The van der Waals surface area contributed by atoms with Crippen molar-refractivity contribution in [1.82, 2.24) is 4.90 Å². The van der Waals surface area contributed by atoms with E-state index in [1.54, 1.807) is 30.3 Å². The van der Waals surface area contributed by atoms with Gasteiger partial charge in [-0.1, -0.05) is 48.5 Å². The lowest BCUT2D eigenvalue weighted by molar-refractivity contribution is -0.0334. The second kappa shape index (κ2) is 5.28. The van der Waals surface area contributed by atoms with Crippen LogP contribution in [-0.2, 0) is 12.3 Å². The standard InChI is InChI=1S/C17H15F2NO/c18-17(19,14-7-2-1-3-8-14)12-20-11-10-13-6-4-5-9-15(13)16(20)21/h1-9H,10-12H2. The Morgan fingerprint density at radius 2 is 1.67 bits per heavy atom. The van der Waals surface area contributed by atoms with Gasteiger partial charge in [-0.2, -0.15) is 8.78 Å². The highest BCUT2D eigenvalue weighted by Gasteiger charge is 2.37. The van der Waals surface area contributed by atoms with Gasteiger partial charge in [0.1, 0.15) is 0 Å². The largest absolute Gasteiger partial charge is 0.332 e. The quantitative estimate of drug-likeness (QED) is 0.846. The third-order valence-electron chi connectivity index (χ3n) is 3.77. The SMILES string of the molecule is O=C1c2ccccc2CCN1CC(F)(F)c1ccccc1. The van der Waals surface area contributed by atoms with Crippen LogP contribution in [0.2, 0.25) is 0 Å². The zero-order valence-electron chi connectivity index (χ0n) is 11.4. The molecule has 0 aliphatic carbocycles. The molecule has 0 saturated carbocycles. The monoisotopic (exact) mass is 287 g/mol. The van der Waals surface area contributed by atoms with Gasteiger partial charge >= 0.3 is 0 Å². The number of halogens is 2. The number of benzene rings is 2. The molecule has 1 aliphatic heterocycles.